The van der Waals surface area contributed by atoms with E-state index in [1.54, 1.807) is 24.3 Å². The normalized spacial score (nSPS) is 11.2. The van der Waals surface area contributed by atoms with E-state index in [-0.39, 0.29) is 11.4 Å². The smallest absolute Gasteiger partial charge is 0.339 e. The molecule has 19 heavy (non-hydrogen) atoms. The maximum Gasteiger partial charge on any atom is 0.339 e. The van der Waals surface area contributed by atoms with Gasteiger partial charge in [0.05, 0.1) is 0 Å². The van der Waals surface area contributed by atoms with Crippen LogP contribution >= 0.6 is 0 Å². The van der Waals surface area contributed by atoms with Crippen LogP contribution in [0, 0.1) is 0 Å². The molecule has 0 unspecified atom stereocenters. The number of phenols is 1. The van der Waals surface area contributed by atoms with Gasteiger partial charge in [-0.25, -0.2) is 4.79 Å². The summed E-state index contributed by atoms with van der Waals surface area (Å²) < 4.78 is 5.30. The van der Waals surface area contributed by atoms with Crippen molar-refractivity contribution in [1.29, 1.82) is 0 Å². The molecule has 3 N–H and O–H groups in total. The van der Waals surface area contributed by atoms with Gasteiger partial charge in [0.15, 0.2) is 0 Å². The minimum absolute atomic E-state index is 0.187. The van der Waals surface area contributed by atoms with Crippen LogP contribution in [0.5, 0.6) is 5.75 Å². The molecular formula is C15H13NO3. The van der Waals surface area contributed by atoms with Gasteiger partial charge in [-0.2, -0.15) is 0 Å². The first-order chi connectivity index (χ1) is 9.19. The third-order valence-corrected chi connectivity index (χ3v) is 3.20. The Morgan fingerprint density at radius 3 is 2.68 bits per heavy atom. The quantitative estimate of drug-likeness (QED) is 0.543. The predicted molar refractivity (Wildman–Crippen MR) is 74.4 cm³/mol. The van der Waals surface area contributed by atoms with Crippen molar-refractivity contribution >= 4 is 21.7 Å². The predicted octanol–water partition coefficient (Wildman–Crippen LogP) is 2.15. The molecule has 1 heterocycles. The SMILES string of the molecule is NCCc1cc2c(ccc3ccc(O)cc32)oc1=O. The third-order valence-electron chi connectivity index (χ3n) is 3.20. The first-order valence-electron chi connectivity index (χ1n) is 6.07. The summed E-state index contributed by atoms with van der Waals surface area (Å²) in [6.07, 6.45) is 0.480. The maximum atomic E-state index is 11.8. The molecule has 4 heteroatoms. The number of phenolic OH excluding ortho intramolecular Hbond substituents is 1. The zero-order valence-electron chi connectivity index (χ0n) is 10.2. The van der Waals surface area contributed by atoms with Gasteiger partial charge in [-0.05, 0) is 48.0 Å². The summed E-state index contributed by atoms with van der Waals surface area (Å²) in [5.74, 6) is 0.187. The van der Waals surface area contributed by atoms with E-state index in [0.717, 1.165) is 16.2 Å². The molecule has 0 fully saturated rings. The molecule has 3 rings (SSSR count). The summed E-state index contributed by atoms with van der Waals surface area (Å²) in [5.41, 5.74) is 6.22. The van der Waals surface area contributed by atoms with Crippen molar-refractivity contribution in [3.8, 4) is 5.75 Å². The Labute approximate surface area is 109 Å². The molecule has 0 aliphatic heterocycles. The number of hydrogen-bond donors (Lipinski definition) is 2. The van der Waals surface area contributed by atoms with E-state index >= 15 is 0 Å². The lowest BCUT2D eigenvalue weighted by Crippen LogP contribution is -2.12. The van der Waals surface area contributed by atoms with E-state index in [4.69, 9.17) is 10.2 Å². The Hall–Kier alpha value is -2.33. The molecule has 0 spiro atoms. The first-order valence-corrected chi connectivity index (χ1v) is 6.07. The molecule has 3 aromatic rings. The molecule has 0 saturated carbocycles. The largest absolute Gasteiger partial charge is 0.508 e. The molecular weight excluding hydrogens is 242 g/mol. The van der Waals surface area contributed by atoms with Crippen LogP contribution in [0.2, 0.25) is 0 Å². The zero-order chi connectivity index (χ0) is 13.4. The first kappa shape index (κ1) is 11.7. The molecule has 0 atom stereocenters. The van der Waals surface area contributed by atoms with E-state index in [2.05, 4.69) is 0 Å². The van der Waals surface area contributed by atoms with Gasteiger partial charge >= 0.3 is 5.63 Å². The molecule has 0 amide bonds. The van der Waals surface area contributed by atoms with Crippen molar-refractivity contribution in [2.24, 2.45) is 5.73 Å². The molecule has 96 valence electrons. The summed E-state index contributed by atoms with van der Waals surface area (Å²) in [4.78, 5) is 11.8. The van der Waals surface area contributed by atoms with Crippen molar-refractivity contribution in [2.75, 3.05) is 6.54 Å². The molecule has 0 saturated heterocycles. The highest BCUT2D eigenvalue weighted by molar-refractivity contribution is 6.06. The fraction of sp³-hybridized carbons (Fsp3) is 0.133. The highest BCUT2D eigenvalue weighted by Crippen LogP contribution is 2.28. The highest BCUT2D eigenvalue weighted by Gasteiger charge is 2.08. The highest BCUT2D eigenvalue weighted by atomic mass is 16.4. The number of fused-ring (bicyclic) bond motifs is 3. The summed E-state index contributed by atoms with van der Waals surface area (Å²) in [5, 5.41) is 12.3. The standard InChI is InChI=1S/C15H13NO3/c16-6-5-10-7-13-12-8-11(17)3-1-9(12)2-4-14(13)19-15(10)18/h1-4,7-8,17H,5-6,16H2. The second-order valence-electron chi connectivity index (χ2n) is 4.48. The molecule has 2 aromatic carbocycles. The number of rotatable bonds is 2. The average molecular weight is 255 g/mol. The van der Waals surface area contributed by atoms with Crippen LogP contribution in [-0.4, -0.2) is 11.7 Å². The van der Waals surface area contributed by atoms with Gasteiger partial charge < -0.3 is 15.3 Å². The van der Waals surface area contributed by atoms with Crippen LogP contribution in [-0.2, 0) is 6.42 Å². The van der Waals surface area contributed by atoms with Crippen molar-refractivity contribution in [3.63, 3.8) is 0 Å². The third kappa shape index (κ3) is 1.96. The van der Waals surface area contributed by atoms with Gasteiger partial charge in [0.2, 0.25) is 0 Å². The minimum Gasteiger partial charge on any atom is -0.508 e. The molecule has 0 aliphatic carbocycles. The van der Waals surface area contributed by atoms with E-state index in [0.29, 0.717) is 24.1 Å². The van der Waals surface area contributed by atoms with Crippen LogP contribution in [0.25, 0.3) is 21.7 Å². The van der Waals surface area contributed by atoms with Crippen LogP contribution in [0.4, 0.5) is 0 Å². The fourth-order valence-electron chi connectivity index (χ4n) is 2.28. The topological polar surface area (TPSA) is 76.5 Å². The van der Waals surface area contributed by atoms with Gasteiger partial charge in [0, 0.05) is 10.9 Å². The molecule has 1 aromatic heterocycles. The number of nitrogens with two attached hydrogens (primary N) is 1. The number of benzene rings is 2. The summed E-state index contributed by atoms with van der Waals surface area (Å²) >= 11 is 0. The Bertz CT molecular complexity index is 821. The van der Waals surface area contributed by atoms with Crippen LogP contribution < -0.4 is 11.4 Å². The maximum absolute atomic E-state index is 11.8. The zero-order valence-corrected chi connectivity index (χ0v) is 10.2. The summed E-state index contributed by atoms with van der Waals surface area (Å²) in [7, 11) is 0. The van der Waals surface area contributed by atoms with Gasteiger partial charge in [-0.15, -0.1) is 0 Å². The van der Waals surface area contributed by atoms with Crippen molar-refractivity contribution < 1.29 is 9.52 Å². The van der Waals surface area contributed by atoms with E-state index in [1.807, 2.05) is 12.1 Å². The van der Waals surface area contributed by atoms with E-state index in [9.17, 15) is 9.90 Å². The number of aromatic hydroxyl groups is 1. The second kappa shape index (κ2) is 4.40. The lowest BCUT2D eigenvalue weighted by Gasteiger charge is -2.05. The van der Waals surface area contributed by atoms with E-state index in [1.165, 1.54) is 0 Å². The average Bonchev–Trinajstić information content (AvgIpc) is 2.40. The Kier molecular flexibility index (Phi) is 2.72. The lowest BCUT2D eigenvalue weighted by atomic mass is 10.0. The Balaban J connectivity index is 2.42. The van der Waals surface area contributed by atoms with Crippen molar-refractivity contribution in [2.45, 2.75) is 6.42 Å². The summed E-state index contributed by atoms with van der Waals surface area (Å²) in [6.45, 7) is 0.395. The van der Waals surface area contributed by atoms with Crippen LogP contribution in [0.3, 0.4) is 0 Å². The van der Waals surface area contributed by atoms with E-state index < -0.39 is 0 Å². The number of hydrogen-bond acceptors (Lipinski definition) is 4. The Morgan fingerprint density at radius 2 is 1.89 bits per heavy atom. The molecule has 0 aliphatic rings. The monoisotopic (exact) mass is 255 g/mol. The van der Waals surface area contributed by atoms with Gasteiger partial charge in [-0.1, -0.05) is 12.1 Å². The molecule has 4 nitrogen and oxygen atoms in total. The van der Waals surface area contributed by atoms with Gasteiger partial charge in [-0.3, -0.25) is 0 Å². The van der Waals surface area contributed by atoms with Crippen LogP contribution in [0.1, 0.15) is 5.56 Å². The van der Waals surface area contributed by atoms with Gasteiger partial charge in [0.1, 0.15) is 11.3 Å². The molecule has 0 bridgehead atoms. The summed E-state index contributed by atoms with van der Waals surface area (Å²) in [6, 6.07) is 10.6. The minimum atomic E-state index is -0.350. The lowest BCUT2D eigenvalue weighted by molar-refractivity contribution is 0.476. The fourth-order valence-corrected chi connectivity index (χ4v) is 2.28. The van der Waals surface area contributed by atoms with Gasteiger partial charge in [0.25, 0.3) is 0 Å². The Morgan fingerprint density at radius 1 is 1.11 bits per heavy atom. The van der Waals surface area contributed by atoms with Crippen LogP contribution in [0.15, 0.2) is 45.6 Å². The van der Waals surface area contributed by atoms with Crippen molar-refractivity contribution in [1.82, 2.24) is 0 Å². The second-order valence-corrected chi connectivity index (χ2v) is 4.48. The molecule has 0 radical (unpaired) electrons. The van der Waals surface area contributed by atoms with Crippen molar-refractivity contribution in [3.05, 3.63) is 52.4 Å².